The number of nitrogens with one attached hydrogen (secondary N) is 1. The van der Waals surface area contributed by atoms with Gasteiger partial charge in [0.2, 0.25) is 0 Å². The standard InChI is InChI=1S/C12H12N4O2S/c13-15-11-5-4-10(16(17)18)7-9(11)8-19-12-3-1-2-6-14-12/h1-7,15H,8,13H2. The summed E-state index contributed by atoms with van der Waals surface area (Å²) in [5.74, 6) is 5.95. The Bertz CT molecular complexity index is 577. The van der Waals surface area contributed by atoms with Crippen molar-refractivity contribution in [3.63, 3.8) is 0 Å². The second-order valence-corrected chi connectivity index (χ2v) is 4.70. The van der Waals surface area contributed by atoms with Crippen LogP contribution in [0.5, 0.6) is 0 Å². The Morgan fingerprint density at radius 1 is 1.37 bits per heavy atom. The maximum absolute atomic E-state index is 10.8. The third-order valence-electron chi connectivity index (χ3n) is 2.47. The highest BCUT2D eigenvalue weighted by Gasteiger charge is 2.10. The van der Waals surface area contributed by atoms with Crippen LogP contribution < -0.4 is 11.3 Å². The van der Waals surface area contributed by atoms with Crippen LogP contribution >= 0.6 is 11.8 Å². The molecule has 6 nitrogen and oxygen atoms in total. The second kappa shape index (κ2) is 6.17. The van der Waals surface area contributed by atoms with Gasteiger partial charge in [0, 0.05) is 24.1 Å². The molecule has 0 radical (unpaired) electrons. The van der Waals surface area contributed by atoms with E-state index in [1.165, 1.54) is 23.9 Å². The van der Waals surface area contributed by atoms with Crippen molar-refractivity contribution in [2.45, 2.75) is 10.8 Å². The molecule has 0 saturated heterocycles. The Hall–Kier alpha value is -2.12. The van der Waals surface area contributed by atoms with Gasteiger partial charge in [-0.05, 0) is 23.8 Å². The number of aromatic nitrogens is 1. The summed E-state index contributed by atoms with van der Waals surface area (Å²) in [6.45, 7) is 0. The molecule has 0 atom stereocenters. The largest absolute Gasteiger partial charge is 0.324 e. The molecule has 0 aliphatic carbocycles. The lowest BCUT2D eigenvalue weighted by molar-refractivity contribution is -0.384. The summed E-state index contributed by atoms with van der Waals surface area (Å²) >= 11 is 1.49. The molecule has 0 spiro atoms. The van der Waals surface area contributed by atoms with Crippen LogP contribution in [0.3, 0.4) is 0 Å². The van der Waals surface area contributed by atoms with Crippen molar-refractivity contribution in [1.82, 2.24) is 4.98 Å². The zero-order chi connectivity index (χ0) is 13.7. The van der Waals surface area contributed by atoms with Crippen molar-refractivity contribution in [2.24, 2.45) is 5.84 Å². The number of nitrogens with two attached hydrogens (primary N) is 1. The van der Waals surface area contributed by atoms with Gasteiger partial charge in [-0.2, -0.15) is 0 Å². The fraction of sp³-hybridized carbons (Fsp3) is 0.0833. The van der Waals surface area contributed by atoms with E-state index in [9.17, 15) is 10.1 Å². The van der Waals surface area contributed by atoms with Crippen molar-refractivity contribution in [2.75, 3.05) is 5.43 Å². The summed E-state index contributed by atoms with van der Waals surface area (Å²) in [5.41, 5.74) is 4.04. The number of hydrogen-bond donors (Lipinski definition) is 2. The fourth-order valence-electron chi connectivity index (χ4n) is 1.54. The number of nitrogen functional groups attached to an aromatic ring is 1. The summed E-state index contributed by atoms with van der Waals surface area (Å²) in [6, 6.07) is 10.2. The SMILES string of the molecule is NNc1ccc([N+](=O)[O-])cc1CSc1ccccn1. The second-order valence-electron chi connectivity index (χ2n) is 3.70. The normalized spacial score (nSPS) is 10.2. The van der Waals surface area contributed by atoms with Gasteiger partial charge in [0.25, 0.3) is 5.69 Å². The van der Waals surface area contributed by atoms with Gasteiger partial charge in [-0.15, -0.1) is 11.8 Å². The van der Waals surface area contributed by atoms with E-state index in [-0.39, 0.29) is 5.69 Å². The number of nitrogens with zero attached hydrogens (tertiary/aromatic N) is 2. The van der Waals surface area contributed by atoms with Gasteiger partial charge in [0.15, 0.2) is 0 Å². The smallest absolute Gasteiger partial charge is 0.269 e. The molecule has 0 aliphatic rings. The third kappa shape index (κ3) is 3.43. The highest BCUT2D eigenvalue weighted by molar-refractivity contribution is 7.98. The number of hydrazine groups is 1. The zero-order valence-electron chi connectivity index (χ0n) is 9.95. The number of pyridine rings is 1. The van der Waals surface area contributed by atoms with E-state index in [4.69, 9.17) is 5.84 Å². The molecule has 1 aromatic heterocycles. The van der Waals surface area contributed by atoms with Crippen LogP contribution in [0.25, 0.3) is 0 Å². The molecular weight excluding hydrogens is 264 g/mol. The van der Waals surface area contributed by atoms with Crippen LogP contribution in [-0.4, -0.2) is 9.91 Å². The molecule has 2 aromatic rings. The molecule has 0 bridgehead atoms. The van der Waals surface area contributed by atoms with Crippen LogP contribution in [0.2, 0.25) is 0 Å². The van der Waals surface area contributed by atoms with E-state index in [0.29, 0.717) is 11.4 Å². The number of hydrogen-bond acceptors (Lipinski definition) is 6. The molecule has 98 valence electrons. The Morgan fingerprint density at radius 2 is 2.21 bits per heavy atom. The number of non-ortho nitro benzene ring substituents is 1. The van der Waals surface area contributed by atoms with Crippen LogP contribution in [0.4, 0.5) is 11.4 Å². The predicted molar refractivity (Wildman–Crippen MR) is 74.7 cm³/mol. The van der Waals surface area contributed by atoms with E-state index in [0.717, 1.165) is 10.6 Å². The molecule has 19 heavy (non-hydrogen) atoms. The number of benzene rings is 1. The average molecular weight is 276 g/mol. The molecule has 0 aliphatic heterocycles. The number of nitro groups is 1. The summed E-state index contributed by atoms with van der Waals surface area (Å²) in [4.78, 5) is 14.5. The van der Waals surface area contributed by atoms with Crippen LogP contribution in [0.15, 0.2) is 47.6 Å². The number of thioether (sulfide) groups is 1. The van der Waals surface area contributed by atoms with Crippen LogP contribution in [-0.2, 0) is 5.75 Å². The van der Waals surface area contributed by atoms with Gasteiger partial charge < -0.3 is 5.43 Å². The summed E-state index contributed by atoms with van der Waals surface area (Å²) < 4.78 is 0. The highest BCUT2D eigenvalue weighted by Crippen LogP contribution is 2.28. The molecule has 0 fully saturated rings. The Kier molecular flexibility index (Phi) is 4.32. The van der Waals surface area contributed by atoms with E-state index < -0.39 is 4.92 Å². The lowest BCUT2D eigenvalue weighted by Gasteiger charge is -2.08. The number of rotatable bonds is 5. The van der Waals surface area contributed by atoms with Gasteiger partial charge in [0.1, 0.15) is 0 Å². The lowest BCUT2D eigenvalue weighted by Crippen LogP contribution is -2.09. The predicted octanol–water partition coefficient (Wildman–Crippen LogP) is 2.57. The molecule has 7 heteroatoms. The fourth-order valence-corrected chi connectivity index (χ4v) is 2.39. The first kappa shape index (κ1) is 13.3. The van der Waals surface area contributed by atoms with Crippen molar-refractivity contribution in [3.05, 3.63) is 58.3 Å². The molecule has 0 unspecified atom stereocenters. The van der Waals surface area contributed by atoms with Crippen molar-refractivity contribution in [1.29, 1.82) is 0 Å². The third-order valence-corrected chi connectivity index (χ3v) is 3.46. The maximum atomic E-state index is 10.8. The number of anilines is 1. The maximum Gasteiger partial charge on any atom is 0.269 e. The van der Waals surface area contributed by atoms with Gasteiger partial charge in [-0.25, -0.2) is 4.98 Å². The first-order valence-corrected chi connectivity index (χ1v) is 6.47. The first-order chi connectivity index (χ1) is 9.20. The molecule has 1 heterocycles. The van der Waals surface area contributed by atoms with Crippen molar-refractivity contribution >= 4 is 23.1 Å². The molecule has 0 saturated carbocycles. The number of nitro benzene ring substituents is 1. The monoisotopic (exact) mass is 276 g/mol. The Morgan fingerprint density at radius 3 is 2.84 bits per heavy atom. The summed E-state index contributed by atoms with van der Waals surface area (Å²) in [5, 5.41) is 11.6. The quantitative estimate of drug-likeness (QED) is 0.377. The van der Waals surface area contributed by atoms with Gasteiger partial charge in [-0.1, -0.05) is 6.07 Å². The van der Waals surface area contributed by atoms with E-state index in [2.05, 4.69) is 10.4 Å². The van der Waals surface area contributed by atoms with E-state index in [1.54, 1.807) is 12.3 Å². The summed E-state index contributed by atoms with van der Waals surface area (Å²) in [6.07, 6.45) is 1.71. The van der Waals surface area contributed by atoms with Gasteiger partial charge in [-0.3, -0.25) is 16.0 Å². The van der Waals surface area contributed by atoms with Crippen LogP contribution in [0.1, 0.15) is 5.56 Å². The van der Waals surface area contributed by atoms with Crippen molar-refractivity contribution in [3.8, 4) is 0 Å². The first-order valence-electron chi connectivity index (χ1n) is 5.48. The minimum atomic E-state index is -0.421. The van der Waals surface area contributed by atoms with Crippen molar-refractivity contribution < 1.29 is 4.92 Å². The van der Waals surface area contributed by atoms with Crippen LogP contribution in [0, 0.1) is 10.1 Å². The molecular formula is C12H12N4O2S. The molecule has 2 rings (SSSR count). The van der Waals surface area contributed by atoms with Gasteiger partial charge in [0.05, 0.1) is 15.6 Å². The highest BCUT2D eigenvalue weighted by atomic mass is 32.2. The van der Waals surface area contributed by atoms with E-state index >= 15 is 0 Å². The lowest BCUT2D eigenvalue weighted by atomic mass is 10.2. The minimum Gasteiger partial charge on any atom is -0.324 e. The van der Waals surface area contributed by atoms with Gasteiger partial charge >= 0.3 is 0 Å². The molecule has 1 aromatic carbocycles. The minimum absolute atomic E-state index is 0.0515. The Labute approximate surface area is 114 Å². The van der Waals surface area contributed by atoms with E-state index in [1.807, 2.05) is 18.2 Å². The molecule has 3 N–H and O–H groups in total. The average Bonchev–Trinajstić information content (AvgIpc) is 2.45. The Balaban J connectivity index is 2.18. The topological polar surface area (TPSA) is 94.1 Å². The zero-order valence-corrected chi connectivity index (χ0v) is 10.8. The summed E-state index contributed by atoms with van der Waals surface area (Å²) in [7, 11) is 0. The molecule has 0 amide bonds.